The standard InChI is InChI=1S/C30H37N5O8S/c1-34-23(16-24(17-31)44(40,41)33-27-29(38)28(37)26(18-36)43-30(27)39)6-7-25(34)21-3-2-20-15-22(5-4-19(20)14-21)32-8-9-35-10-12-42-13-11-35/h2-7,14-16,26-30,32-33,36-39H,8-13,18H2,1H3/b24-16+/t26-,27-,28-,29-,30?/m1/s1. The Morgan fingerprint density at radius 3 is 2.52 bits per heavy atom. The summed E-state index contributed by atoms with van der Waals surface area (Å²) in [5.74, 6) is 0. The SMILES string of the molecule is Cn1c(/C=C(\C#N)S(=O)(=O)N[C@H]2C(O)O[C@H](CO)[C@@H](O)[C@@H]2O)ccc1-c1ccc2cc(NCCN3CCOCC3)ccc2c1. The van der Waals surface area contributed by atoms with Gasteiger partial charge in [0.25, 0.3) is 10.0 Å². The molecule has 13 nitrogen and oxygen atoms in total. The van der Waals surface area contributed by atoms with E-state index in [-0.39, 0.29) is 0 Å². The molecule has 1 aromatic heterocycles. The fourth-order valence-electron chi connectivity index (χ4n) is 5.43. The van der Waals surface area contributed by atoms with Crippen molar-refractivity contribution in [1.29, 1.82) is 5.26 Å². The average molecular weight is 628 g/mol. The van der Waals surface area contributed by atoms with Crippen LogP contribution in [0.1, 0.15) is 5.69 Å². The fourth-order valence-corrected chi connectivity index (χ4v) is 6.57. The van der Waals surface area contributed by atoms with E-state index in [1.54, 1.807) is 23.8 Å². The minimum atomic E-state index is -4.55. The molecule has 44 heavy (non-hydrogen) atoms. The number of hydrogen-bond acceptors (Lipinski definition) is 11. The zero-order valence-corrected chi connectivity index (χ0v) is 25.0. The third kappa shape index (κ3) is 6.97. The summed E-state index contributed by atoms with van der Waals surface area (Å²) in [4.78, 5) is 1.70. The topological polar surface area (TPSA) is 190 Å². The van der Waals surface area contributed by atoms with Crippen LogP contribution in [-0.2, 0) is 26.5 Å². The molecular formula is C30H37N5O8S. The van der Waals surface area contributed by atoms with Crippen LogP contribution in [-0.4, -0.2) is 115 Å². The van der Waals surface area contributed by atoms with Crippen LogP contribution in [0.25, 0.3) is 28.1 Å². The molecule has 236 valence electrons. The zero-order valence-electron chi connectivity index (χ0n) is 24.2. The molecule has 2 aromatic carbocycles. The van der Waals surface area contributed by atoms with Crippen molar-refractivity contribution in [2.24, 2.45) is 7.05 Å². The molecule has 14 heteroatoms. The van der Waals surface area contributed by atoms with Gasteiger partial charge in [-0.25, -0.2) is 8.42 Å². The monoisotopic (exact) mass is 627 g/mol. The van der Waals surface area contributed by atoms with Crippen molar-refractivity contribution in [3.05, 3.63) is 59.1 Å². The van der Waals surface area contributed by atoms with Crippen LogP contribution >= 0.6 is 0 Å². The lowest BCUT2D eigenvalue weighted by Gasteiger charge is -2.40. The Balaban J connectivity index is 1.30. The van der Waals surface area contributed by atoms with E-state index < -0.39 is 52.2 Å². The van der Waals surface area contributed by atoms with E-state index in [0.717, 1.165) is 67.1 Å². The van der Waals surface area contributed by atoms with Crippen molar-refractivity contribution in [2.75, 3.05) is 51.3 Å². The molecule has 0 bridgehead atoms. The molecule has 3 aromatic rings. The van der Waals surface area contributed by atoms with Gasteiger partial charge in [0.1, 0.15) is 30.4 Å². The second-order valence-corrected chi connectivity index (χ2v) is 12.5. The van der Waals surface area contributed by atoms with Gasteiger partial charge in [-0.05, 0) is 52.7 Å². The number of morpholine rings is 1. The van der Waals surface area contributed by atoms with E-state index in [1.165, 1.54) is 6.08 Å². The smallest absolute Gasteiger partial charge is 0.251 e. The first-order chi connectivity index (χ1) is 21.1. The van der Waals surface area contributed by atoms with Gasteiger partial charge in [-0.3, -0.25) is 4.90 Å². The van der Waals surface area contributed by atoms with Crippen LogP contribution < -0.4 is 10.0 Å². The predicted octanol–water partition coefficient (Wildman–Crippen LogP) is 0.173. The summed E-state index contributed by atoms with van der Waals surface area (Å²) in [6.45, 7) is 4.54. The van der Waals surface area contributed by atoms with Gasteiger partial charge in [0, 0.05) is 50.3 Å². The quantitative estimate of drug-likeness (QED) is 0.168. The number of hydrogen-bond donors (Lipinski definition) is 6. The molecule has 0 amide bonds. The molecule has 6 N–H and O–H groups in total. The zero-order chi connectivity index (χ0) is 31.4. The lowest BCUT2D eigenvalue weighted by molar-refractivity contribution is -0.251. The van der Waals surface area contributed by atoms with Crippen molar-refractivity contribution < 1.29 is 38.3 Å². The number of nitrogens with zero attached hydrogens (tertiary/aromatic N) is 3. The highest BCUT2D eigenvalue weighted by atomic mass is 32.2. The van der Waals surface area contributed by atoms with Crippen molar-refractivity contribution in [3.8, 4) is 17.3 Å². The van der Waals surface area contributed by atoms with Gasteiger partial charge >= 0.3 is 0 Å². The Bertz CT molecular complexity index is 1650. The van der Waals surface area contributed by atoms with Crippen molar-refractivity contribution in [3.63, 3.8) is 0 Å². The molecule has 0 spiro atoms. The molecule has 2 saturated heterocycles. The number of aromatic nitrogens is 1. The first-order valence-electron chi connectivity index (χ1n) is 14.3. The van der Waals surface area contributed by atoms with Crippen LogP contribution in [0.4, 0.5) is 5.69 Å². The molecule has 0 aliphatic carbocycles. The summed E-state index contributed by atoms with van der Waals surface area (Å²) in [7, 11) is -2.81. The van der Waals surface area contributed by atoms with Crippen molar-refractivity contribution in [1.82, 2.24) is 14.2 Å². The maximum atomic E-state index is 13.1. The number of rotatable bonds is 10. The summed E-state index contributed by atoms with van der Waals surface area (Å²) in [5.41, 5.74) is 3.14. The number of ether oxygens (including phenoxy) is 2. The van der Waals surface area contributed by atoms with Gasteiger partial charge in [0.2, 0.25) is 0 Å². The second-order valence-electron chi connectivity index (χ2n) is 10.9. The first kappa shape index (κ1) is 32.0. The highest BCUT2D eigenvalue weighted by Gasteiger charge is 2.45. The number of anilines is 1. The highest BCUT2D eigenvalue weighted by molar-refractivity contribution is 7.93. The minimum absolute atomic E-state index is 0.420. The minimum Gasteiger partial charge on any atom is -0.394 e. The van der Waals surface area contributed by atoms with E-state index in [9.17, 15) is 34.1 Å². The number of aliphatic hydroxyl groups excluding tert-OH is 4. The molecule has 1 unspecified atom stereocenters. The van der Waals surface area contributed by atoms with Crippen LogP contribution in [0.3, 0.4) is 0 Å². The third-order valence-corrected chi connectivity index (χ3v) is 9.40. The largest absolute Gasteiger partial charge is 0.394 e. The predicted molar refractivity (Wildman–Crippen MR) is 164 cm³/mol. The number of nitrogens with one attached hydrogen (secondary N) is 2. The Kier molecular flexibility index (Phi) is 10.0. The van der Waals surface area contributed by atoms with Gasteiger partial charge in [-0.1, -0.05) is 18.2 Å². The number of benzene rings is 2. The Hall–Kier alpha value is -3.36. The van der Waals surface area contributed by atoms with Gasteiger partial charge in [-0.15, -0.1) is 0 Å². The molecule has 2 aliphatic rings. The molecule has 0 saturated carbocycles. The molecule has 3 heterocycles. The summed E-state index contributed by atoms with van der Waals surface area (Å²) in [5, 5.41) is 55.1. The lowest BCUT2D eigenvalue weighted by Crippen LogP contribution is -2.64. The van der Waals surface area contributed by atoms with E-state index in [0.29, 0.717) is 5.69 Å². The third-order valence-electron chi connectivity index (χ3n) is 8.03. The van der Waals surface area contributed by atoms with Crippen LogP contribution in [0.5, 0.6) is 0 Å². The van der Waals surface area contributed by atoms with Gasteiger partial charge in [0.05, 0.1) is 19.8 Å². The van der Waals surface area contributed by atoms with E-state index in [1.807, 2.05) is 41.1 Å². The molecule has 2 fully saturated rings. The van der Waals surface area contributed by atoms with E-state index in [4.69, 9.17) is 9.47 Å². The summed E-state index contributed by atoms with van der Waals surface area (Å²) in [6.07, 6.45) is -5.44. The number of nitriles is 1. The van der Waals surface area contributed by atoms with Crippen LogP contribution in [0.2, 0.25) is 0 Å². The number of fused-ring (bicyclic) bond motifs is 1. The molecule has 0 radical (unpaired) electrons. The van der Waals surface area contributed by atoms with Crippen LogP contribution in [0.15, 0.2) is 53.4 Å². The van der Waals surface area contributed by atoms with Gasteiger partial charge in [-0.2, -0.15) is 9.98 Å². The normalized spacial score (nSPS) is 25.2. The van der Waals surface area contributed by atoms with E-state index in [2.05, 4.69) is 16.3 Å². The van der Waals surface area contributed by atoms with Gasteiger partial charge in [0.15, 0.2) is 11.2 Å². The molecule has 5 rings (SSSR count). The Morgan fingerprint density at radius 1 is 1.07 bits per heavy atom. The molecule has 2 aliphatic heterocycles. The van der Waals surface area contributed by atoms with E-state index >= 15 is 0 Å². The molecule has 5 atom stereocenters. The highest BCUT2D eigenvalue weighted by Crippen LogP contribution is 2.29. The summed E-state index contributed by atoms with van der Waals surface area (Å²) in [6, 6.07) is 15.7. The second kappa shape index (κ2) is 13.7. The average Bonchev–Trinajstić information content (AvgIpc) is 3.39. The Morgan fingerprint density at radius 2 is 1.80 bits per heavy atom. The van der Waals surface area contributed by atoms with Crippen molar-refractivity contribution >= 4 is 32.6 Å². The lowest BCUT2D eigenvalue weighted by atomic mass is 9.98. The number of aliphatic hydroxyl groups is 4. The van der Waals surface area contributed by atoms with Crippen LogP contribution in [0, 0.1) is 11.3 Å². The van der Waals surface area contributed by atoms with Gasteiger partial charge < -0.3 is 39.8 Å². The maximum Gasteiger partial charge on any atom is 0.251 e. The Labute approximate surface area is 255 Å². The molecular weight excluding hydrogens is 590 g/mol. The fraction of sp³-hybridized carbons (Fsp3) is 0.433. The maximum absolute atomic E-state index is 13.1. The first-order valence-corrected chi connectivity index (χ1v) is 15.8. The number of sulfonamides is 1. The summed E-state index contributed by atoms with van der Waals surface area (Å²) >= 11 is 0. The van der Waals surface area contributed by atoms with Crippen molar-refractivity contribution in [2.45, 2.75) is 30.6 Å². The summed E-state index contributed by atoms with van der Waals surface area (Å²) < 4.78 is 40.3. The number of allylic oxidation sites excluding steroid dienone is 1.